The lowest BCUT2D eigenvalue weighted by molar-refractivity contribution is 0.220. The van der Waals surface area contributed by atoms with Gasteiger partial charge in [0.05, 0.1) is 0 Å². The summed E-state index contributed by atoms with van der Waals surface area (Å²) in [6.45, 7) is 18.3. The largest absolute Gasteiger partial charge is 0.416 e. The van der Waals surface area contributed by atoms with Crippen LogP contribution in [-0.2, 0) is 16.5 Å². The molecule has 2 unspecified atom stereocenters. The van der Waals surface area contributed by atoms with Gasteiger partial charge in [-0.25, -0.2) is 0 Å². The minimum absolute atomic E-state index is 1.04. The van der Waals surface area contributed by atoms with Crippen molar-refractivity contribution >= 4 is 34.2 Å². The van der Waals surface area contributed by atoms with Crippen LogP contribution in [0.3, 0.4) is 0 Å². The van der Waals surface area contributed by atoms with Crippen molar-refractivity contribution in [2.24, 2.45) is 0 Å². The van der Waals surface area contributed by atoms with Crippen LogP contribution in [0.2, 0.25) is 50.4 Å². The normalized spacial score (nSPS) is 35.2. The van der Waals surface area contributed by atoms with Crippen molar-refractivity contribution < 1.29 is 16.5 Å². The maximum Gasteiger partial charge on any atom is 0.317 e. The number of hydrogen-bond donors (Lipinski definition) is 0. The quantitative estimate of drug-likeness (QED) is 0.180. The van der Waals surface area contributed by atoms with E-state index in [9.17, 15) is 0 Å². The van der Waals surface area contributed by atoms with E-state index >= 15 is 0 Å². The minimum atomic E-state index is -2.34. The van der Waals surface area contributed by atoms with Gasteiger partial charge in [-0.3, -0.25) is 0 Å². The SMILES string of the molecule is CCCCC[Si]1(C)O[Si](C)(CCC)O[Si](C)(CCCCC)O[Si](C)(CCCCC)O1. The minimum Gasteiger partial charge on any atom is -0.416 e. The Bertz CT molecular complexity index is 454. The second-order valence-corrected chi connectivity index (χ2v) is 24.4. The molecule has 0 aliphatic carbocycles. The molecule has 30 heavy (non-hydrogen) atoms. The van der Waals surface area contributed by atoms with Crippen molar-refractivity contribution in [3.8, 4) is 0 Å². The first-order chi connectivity index (χ1) is 14.1. The molecule has 0 aromatic heterocycles. The fraction of sp³-hybridized carbons (Fsp3) is 1.00. The summed E-state index contributed by atoms with van der Waals surface area (Å²) in [5.41, 5.74) is 0. The monoisotopic (exact) mass is 492 g/mol. The van der Waals surface area contributed by atoms with E-state index < -0.39 is 34.2 Å². The Balaban J connectivity index is 3.19. The van der Waals surface area contributed by atoms with E-state index in [-0.39, 0.29) is 0 Å². The summed E-state index contributed by atoms with van der Waals surface area (Å²) in [6, 6.07) is 4.27. The van der Waals surface area contributed by atoms with Gasteiger partial charge in [-0.2, -0.15) is 0 Å². The zero-order chi connectivity index (χ0) is 22.7. The average Bonchev–Trinajstić information content (AvgIpc) is 2.60. The Morgan fingerprint density at radius 2 is 0.633 bits per heavy atom. The maximum absolute atomic E-state index is 7.13. The van der Waals surface area contributed by atoms with Crippen LogP contribution in [0.1, 0.15) is 91.9 Å². The van der Waals surface area contributed by atoms with Crippen LogP contribution in [0.25, 0.3) is 0 Å². The lowest BCUT2D eigenvalue weighted by atomic mass is 10.3. The van der Waals surface area contributed by atoms with Gasteiger partial charge in [-0.15, -0.1) is 0 Å². The third-order valence-electron chi connectivity index (χ3n) is 6.13. The first kappa shape index (κ1) is 28.7. The number of hydrogen-bond acceptors (Lipinski definition) is 4. The van der Waals surface area contributed by atoms with E-state index in [4.69, 9.17) is 16.5 Å². The van der Waals surface area contributed by atoms with Crippen LogP contribution in [0, 0.1) is 0 Å². The molecule has 1 rings (SSSR count). The molecule has 0 spiro atoms. The summed E-state index contributed by atoms with van der Waals surface area (Å²) in [5.74, 6) is 0. The van der Waals surface area contributed by atoms with Crippen LogP contribution < -0.4 is 0 Å². The smallest absolute Gasteiger partial charge is 0.317 e. The van der Waals surface area contributed by atoms with E-state index in [2.05, 4.69) is 53.9 Å². The van der Waals surface area contributed by atoms with Gasteiger partial charge >= 0.3 is 34.2 Å². The lowest BCUT2D eigenvalue weighted by Crippen LogP contribution is -2.67. The molecule has 1 saturated heterocycles. The Morgan fingerprint density at radius 1 is 0.367 bits per heavy atom. The molecule has 2 atom stereocenters. The third-order valence-corrected chi connectivity index (χ3v) is 25.1. The summed E-state index contributed by atoms with van der Waals surface area (Å²) >= 11 is 0. The highest BCUT2D eigenvalue weighted by atomic mass is 28.5. The predicted octanol–water partition coefficient (Wildman–Crippen LogP) is 8.34. The number of rotatable bonds is 14. The Kier molecular flexibility index (Phi) is 12.9. The molecule has 1 aliphatic rings. The van der Waals surface area contributed by atoms with Crippen molar-refractivity contribution in [1.29, 1.82) is 0 Å². The zero-order valence-electron chi connectivity index (χ0n) is 21.5. The van der Waals surface area contributed by atoms with Gasteiger partial charge in [0.25, 0.3) is 0 Å². The first-order valence-electron chi connectivity index (χ1n) is 12.9. The summed E-state index contributed by atoms with van der Waals surface area (Å²) in [4.78, 5) is 0. The Morgan fingerprint density at radius 3 is 0.867 bits per heavy atom. The molecular formula is C22H52O4Si4. The van der Waals surface area contributed by atoms with Crippen LogP contribution in [0.4, 0.5) is 0 Å². The lowest BCUT2D eigenvalue weighted by Gasteiger charge is -2.50. The molecular weight excluding hydrogens is 441 g/mol. The highest BCUT2D eigenvalue weighted by Crippen LogP contribution is 2.39. The zero-order valence-corrected chi connectivity index (χ0v) is 25.5. The first-order valence-corrected chi connectivity index (χ1v) is 23.0. The molecule has 0 amide bonds. The maximum atomic E-state index is 7.13. The van der Waals surface area contributed by atoms with Crippen molar-refractivity contribution in [2.75, 3.05) is 0 Å². The molecule has 1 heterocycles. The van der Waals surface area contributed by atoms with E-state index in [1.807, 2.05) is 0 Å². The summed E-state index contributed by atoms with van der Waals surface area (Å²) in [5, 5.41) is 0. The molecule has 0 aromatic carbocycles. The molecule has 0 radical (unpaired) electrons. The Hall–Kier alpha value is 0.708. The molecule has 0 N–H and O–H groups in total. The van der Waals surface area contributed by atoms with Gasteiger partial charge in [-0.05, 0) is 50.4 Å². The molecule has 180 valence electrons. The van der Waals surface area contributed by atoms with Gasteiger partial charge in [0, 0.05) is 0 Å². The highest BCUT2D eigenvalue weighted by Gasteiger charge is 2.55. The third kappa shape index (κ3) is 10.1. The van der Waals surface area contributed by atoms with Crippen LogP contribution in [-0.4, -0.2) is 34.2 Å². The van der Waals surface area contributed by atoms with Crippen molar-refractivity contribution in [2.45, 2.75) is 142 Å². The average molecular weight is 493 g/mol. The molecule has 0 saturated carbocycles. The molecule has 1 aliphatic heterocycles. The summed E-state index contributed by atoms with van der Waals surface area (Å²) in [7, 11) is -9.31. The van der Waals surface area contributed by atoms with Gasteiger partial charge < -0.3 is 16.5 Å². The fourth-order valence-electron chi connectivity index (χ4n) is 4.86. The fourth-order valence-corrected chi connectivity index (χ4v) is 28.5. The van der Waals surface area contributed by atoms with Gasteiger partial charge in [-0.1, -0.05) is 91.9 Å². The van der Waals surface area contributed by atoms with E-state index in [1.54, 1.807) is 0 Å². The van der Waals surface area contributed by atoms with E-state index in [0.717, 1.165) is 30.6 Å². The number of unbranched alkanes of at least 4 members (excludes halogenated alkanes) is 6. The topological polar surface area (TPSA) is 36.9 Å². The van der Waals surface area contributed by atoms with Gasteiger partial charge in [0.2, 0.25) is 0 Å². The molecule has 4 nitrogen and oxygen atoms in total. The second-order valence-electron chi connectivity index (χ2n) is 10.1. The highest BCUT2D eigenvalue weighted by molar-refractivity contribution is 6.93. The molecule has 0 aromatic rings. The summed E-state index contributed by atoms with van der Waals surface area (Å²) < 4.78 is 28.4. The van der Waals surface area contributed by atoms with Crippen molar-refractivity contribution in [3.63, 3.8) is 0 Å². The van der Waals surface area contributed by atoms with Crippen LogP contribution in [0.15, 0.2) is 0 Å². The Labute approximate surface area is 192 Å². The van der Waals surface area contributed by atoms with Gasteiger partial charge in [0.15, 0.2) is 0 Å². The molecule has 1 fully saturated rings. The van der Waals surface area contributed by atoms with Crippen molar-refractivity contribution in [1.82, 2.24) is 0 Å². The molecule has 8 heteroatoms. The second kappa shape index (κ2) is 13.4. The van der Waals surface area contributed by atoms with Crippen molar-refractivity contribution in [3.05, 3.63) is 0 Å². The predicted molar refractivity (Wildman–Crippen MR) is 139 cm³/mol. The van der Waals surface area contributed by atoms with Crippen LogP contribution in [0.5, 0.6) is 0 Å². The van der Waals surface area contributed by atoms with Crippen LogP contribution >= 0.6 is 0 Å². The van der Waals surface area contributed by atoms with E-state index in [0.29, 0.717) is 0 Å². The van der Waals surface area contributed by atoms with E-state index in [1.165, 1.54) is 57.8 Å². The molecule has 0 bridgehead atoms. The standard InChI is InChI=1S/C22H52O4Si4/c1-9-13-16-20-28(6)23-27(5,19-12-4)24-29(7,21-17-14-10-2)26-30(8,25-28)22-18-15-11-3/h9-22H2,1-8H3. The van der Waals surface area contributed by atoms with Gasteiger partial charge in [0.1, 0.15) is 0 Å². The summed E-state index contributed by atoms with van der Waals surface area (Å²) in [6.07, 6.45) is 12.1.